The van der Waals surface area contributed by atoms with E-state index >= 15 is 0 Å². The molecule has 0 unspecified atom stereocenters. The third-order valence-corrected chi connectivity index (χ3v) is 6.94. The fourth-order valence-corrected chi connectivity index (χ4v) is 5.11. The molecule has 164 valence electrons. The van der Waals surface area contributed by atoms with Gasteiger partial charge in [-0.25, -0.2) is 0 Å². The first kappa shape index (κ1) is 20.6. The number of benzene rings is 2. The third kappa shape index (κ3) is 3.89. The molecule has 2 atom stereocenters. The van der Waals surface area contributed by atoms with Crippen LogP contribution < -0.4 is 9.47 Å². The highest BCUT2D eigenvalue weighted by atomic mass is 35.5. The van der Waals surface area contributed by atoms with Gasteiger partial charge in [-0.3, -0.25) is 0 Å². The van der Waals surface area contributed by atoms with Gasteiger partial charge in [0, 0.05) is 65.4 Å². The number of halogens is 1. The summed E-state index contributed by atoms with van der Waals surface area (Å²) in [6, 6.07) is 11.3. The number of piperidine rings is 1. The summed E-state index contributed by atoms with van der Waals surface area (Å²) in [4.78, 5) is 5.50. The Hall–Kier alpha value is -2.25. The molecular formula is C24H27ClN2O4. The number of fused-ring (bicyclic) bond motifs is 2. The molecule has 2 aliphatic heterocycles. The molecule has 7 heteroatoms. The molecule has 0 aliphatic carbocycles. The van der Waals surface area contributed by atoms with Crippen LogP contribution in [-0.2, 0) is 0 Å². The Labute approximate surface area is 186 Å². The Morgan fingerprint density at radius 2 is 2.06 bits per heavy atom. The highest BCUT2D eigenvalue weighted by molar-refractivity contribution is 6.30. The zero-order valence-corrected chi connectivity index (χ0v) is 18.2. The average Bonchev–Trinajstić information content (AvgIpc) is 3.19. The monoisotopic (exact) mass is 442 g/mol. The smallest absolute Gasteiger partial charge is 0.126 e. The zero-order valence-electron chi connectivity index (χ0n) is 17.5. The molecule has 1 spiro atoms. The minimum absolute atomic E-state index is 0.362. The standard InChI is InChI=1S/C24H27ClN2O4/c1-30-16-3-4-17-19(13-26-20(17)11-16)22(29)14-27-8-6-24(7-9-27)12-21(28)18-10-15(25)2-5-23(18)31-24/h2-5,10-11,13,21-22,26,28-29H,6-9,12,14H2,1H3/t21-,22-/m0/s1. The van der Waals surface area contributed by atoms with Crippen LogP contribution in [0.2, 0.25) is 5.02 Å². The molecule has 0 amide bonds. The van der Waals surface area contributed by atoms with Gasteiger partial charge in [-0.2, -0.15) is 0 Å². The summed E-state index contributed by atoms with van der Waals surface area (Å²) >= 11 is 6.08. The summed E-state index contributed by atoms with van der Waals surface area (Å²) in [6.07, 6.45) is 2.91. The second kappa shape index (κ2) is 8.02. The first-order valence-corrected chi connectivity index (χ1v) is 11.1. The quantitative estimate of drug-likeness (QED) is 0.564. The summed E-state index contributed by atoms with van der Waals surface area (Å²) in [5, 5.41) is 23.2. The van der Waals surface area contributed by atoms with Crippen LogP contribution in [0.15, 0.2) is 42.6 Å². The lowest BCUT2D eigenvalue weighted by Gasteiger charge is -2.46. The van der Waals surface area contributed by atoms with Crippen molar-refractivity contribution in [3.05, 3.63) is 58.7 Å². The van der Waals surface area contributed by atoms with Crippen LogP contribution in [0.1, 0.15) is 42.6 Å². The van der Waals surface area contributed by atoms with Gasteiger partial charge in [0.05, 0.1) is 19.3 Å². The SMILES string of the molecule is COc1ccc2c([C@@H](O)CN3CCC4(CC3)C[C@H](O)c3cc(Cl)ccc3O4)c[nH]c2c1. The Bertz CT molecular complexity index is 1090. The summed E-state index contributed by atoms with van der Waals surface area (Å²) in [7, 11) is 1.64. The fraction of sp³-hybridized carbons (Fsp3) is 0.417. The van der Waals surface area contributed by atoms with Gasteiger partial charge in [0.25, 0.3) is 0 Å². The van der Waals surface area contributed by atoms with Crippen LogP contribution in [0.25, 0.3) is 10.9 Å². The number of hydrogen-bond donors (Lipinski definition) is 3. The predicted molar refractivity (Wildman–Crippen MR) is 120 cm³/mol. The van der Waals surface area contributed by atoms with Crippen LogP contribution in [0.5, 0.6) is 11.5 Å². The van der Waals surface area contributed by atoms with Crippen LogP contribution in [0.3, 0.4) is 0 Å². The number of likely N-dealkylation sites (tertiary alicyclic amines) is 1. The topological polar surface area (TPSA) is 78.0 Å². The van der Waals surface area contributed by atoms with Crippen LogP contribution in [0.4, 0.5) is 0 Å². The molecule has 2 aliphatic rings. The van der Waals surface area contributed by atoms with Crippen LogP contribution in [-0.4, -0.2) is 52.4 Å². The number of hydrogen-bond acceptors (Lipinski definition) is 5. The van der Waals surface area contributed by atoms with E-state index in [4.69, 9.17) is 21.1 Å². The highest BCUT2D eigenvalue weighted by Gasteiger charge is 2.43. The molecule has 1 aromatic heterocycles. The van der Waals surface area contributed by atoms with E-state index in [1.807, 2.05) is 30.5 Å². The van der Waals surface area contributed by atoms with Crippen molar-refractivity contribution >= 4 is 22.5 Å². The molecule has 3 N–H and O–H groups in total. The van der Waals surface area contributed by atoms with E-state index in [-0.39, 0.29) is 5.60 Å². The number of rotatable bonds is 4. The van der Waals surface area contributed by atoms with Gasteiger partial charge in [-0.1, -0.05) is 11.6 Å². The number of nitrogens with zero attached hydrogens (tertiary/aromatic N) is 1. The number of aromatic amines is 1. The van der Waals surface area contributed by atoms with Crippen molar-refractivity contribution in [2.45, 2.75) is 37.1 Å². The molecule has 31 heavy (non-hydrogen) atoms. The number of H-pyrrole nitrogens is 1. The van der Waals surface area contributed by atoms with Crippen molar-refractivity contribution in [3.8, 4) is 11.5 Å². The van der Waals surface area contributed by atoms with Gasteiger partial charge >= 0.3 is 0 Å². The van der Waals surface area contributed by atoms with Crippen LogP contribution in [0, 0.1) is 0 Å². The Balaban J connectivity index is 1.25. The number of aliphatic hydroxyl groups is 2. The van der Waals surface area contributed by atoms with Crippen molar-refractivity contribution in [2.75, 3.05) is 26.7 Å². The highest BCUT2D eigenvalue weighted by Crippen LogP contribution is 2.45. The minimum Gasteiger partial charge on any atom is -0.497 e. The van der Waals surface area contributed by atoms with Crippen molar-refractivity contribution in [3.63, 3.8) is 0 Å². The van der Waals surface area contributed by atoms with Gasteiger partial charge in [-0.05, 0) is 43.2 Å². The molecule has 1 fully saturated rings. The summed E-state index contributed by atoms with van der Waals surface area (Å²) < 4.78 is 11.6. The van der Waals surface area contributed by atoms with E-state index in [0.29, 0.717) is 18.0 Å². The van der Waals surface area contributed by atoms with Gasteiger partial charge in [-0.15, -0.1) is 0 Å². The lowest BCUT2D eigenvalue weighted by Crippen LogP contribution is -2.51. The second-order valence-corrected chi connectivity index (χ2v) is 9.10. The summed E-state index contributed by atoms with van der Waals surface area (Å²) in [5.74, 6) is 1.51. The van der Waals surface area contributed by atoms with E-state index in [2.05, 4.69) is 9.88 Å². The van der Waals surface area contributed by atoms with Gasteiger partial charge in [0.2, 0.25) is 0 Å². The Morgan fingerprint density at radius 3 is 2.84 bits per heavy atom. The van der Waals surface area contributed by atoms with E-state index in [1.165, 1.54) is 0 Å². The first-order valence-electron chi connectivity index (χ1n) is 10.7. The number of β-amino-alcohol motifs (C(OH)–C–C–N with tert-alkyl or cyclic N) is 1. The van der Waals surface area contributed by atoms with Crippen molar-refractivity contribution in [1.29, 1.82) is 0 Å². The minimum atomic E-state index is -0.586. The normalized spacial score (nSPS) is 21.6. The molecule has 2 aromatic carbocycles. The number of ether oxygens (including phenoxy) is 2. The van der Waals surface area contributed by atoms with Crippen LogP contribution >= 0.6 is 11.6 Å². The van der Waals surface area contributed by atoms with E-state index < -0.39 is 12.2 Å². The molecule has 6 nitrogen and oxygen atoms in total. The van der Waals surface area contributed by atoms with E-state index in [0.717, 1.165) is 59.5 Å². The van der Waals surface area contributed by atoms with Crippen molar-refractivity contribution in [1.82, 2.24) is 9.88 Å². The largest absolute Gasteiger partial charge is 0.497 e. The zero-order chi connectivity index (χ0) is 21.6. The van der Waals surface area contributed by atoms with Crippen molar-refractivity contribution < 1.29 is 19.7 Å². The average molecular weight is 443 g/mol. The lowest BCUT2D eigenvalue weighted by molar-refractivity contribution is -0.0587. The van der Waals surface area contributed by atoms with Crippen molar-refractivity contribution in [2.24, 2.45) is 0 Å². The molecule has 0 radical (unpaired) electrons. The second-order valence-electron chi connectivity index (χ2n) is 8.66. The Kier molecular flexibility index (Phi) is 5.34. The molecule has 5 rings (SSSR count). The lowest BCUT2D eigenvalue weighted by atomic mass is 9.81. The number of aromatic nitrogens is 1. The summed E-state index contributed by atoms with van der Waals surface area (Å²) in [5.41, 5.74) is 2.26. The van der Waals surface area contributed by atoms with E-state index in [1.54, 1.807) is 19.2 Å². The number of aliphatic hydroxyl groups excluding tert-OH is 2. The third-order valence-electron chi connectivity index (χ3n) is 6.70. The predicted octanol–water partition coefficient (Wildman–Crippen LogP) is 4.21. The maximum absolute atomic E-state index is 10.9. The maximum Gasteiger partial charge on any atom is 0.126 e. The number of nitrogens with one attached hydrogen (secondary N) is 1. The maximum atomic E-state index is 10.9. The first-order chi connectivity index (χ1) is 15.0. The van der Waals surface area contributed by atoms with Gasteiger partial charge in [0.15, 0.2) is 0 Å². The molecule has 1 saturated heterocycles. The molecule has 3 aromatic rings. The molecule has 3 heterocycles. The summed E-state index contributed by atoms with van der Waals surface area (Å²) in [6.45, 7) is 2.18. The van der Waals surface area contributed by atoms with Gasteiger partial charge in [0.1, 0.15) is 17.1 Å². The number of methoxy groups -OCH3 is 1. The molecular weight excluding hydrogens is 416 g/mol. The fourth-order valence-electron chi connectivity index (χ4n) is 4.93. The van der Waals surface area contributed by atoms with E-state index in [9.17, 15) is 10.2 Å². The van der Waals surface area contributed by atoms with Gasteiger partial charge < -0.3 is 29.6 Å². The molecule has 0 bridgehead atoms. The molecule has 0 saturated carbocycles. The Morgan fingerprint density at radius 1 is 1.26 bits per heavy atom.